The van der Waals surface area contributed by atoms with Crippen molar-refractivity contribution in [2.75, 3.05) is 12.4 Å². The van der Waals surface area contributed by atoms with E-state index in [1.165, 1.54) is 7.11 Å². The number of carbonyl (C=O) groups excluding carboxylic acids is 1. The van der Waals surface area contributed by atoms with Gasteiger partial charge in [-0.3, -0.25) is 9.89 Å². The zero-order valence-corrected chi connectivity index (χ0v) is 11.5. The van der Waals surface area contributed by atoms with Crippen molar-refractivity contribution in [3.63, 3.8) is 0 Å². The third-order valence-corrected chi connectivity index (χ3v) is 3.29. The van der Waals surface area contributed by atoms with Gasteiger partial charge in [0.2, 0.25) is 0 Å². The lowest BCUT2D eigenvalue weighted by molar-refractivity contribution is -0.126. The maximum Gasteiger partial charge on any atom is 0.258 e. The number of nitrogens with one attached hydrogen (secondary N) is 2. The van der Waals surface area contributed by atoms with E-state index in [9.17, 15) is 4.79 Å². The molecule has 1 heterocycles. The Morgan fingerprint density at radius 2 is 2.05 bits per heavy atom. The number of ether oxygens (including phenoxy) is 1. The van der Waals surface area contributed by atoms with Crippen molar-refractivity contribution in [3.05, 3.63) is 60.3 Å². The molecule has 21 heavy (non-hydrogen) atoms. The predicted molar refractivity (Wildman–Crippen MR) is 80.9 cm³/mol. The summed E-state index contributed by atoms with van der Waals surface area (Å²) in [4.78, 5) is 12.4. The van der Waals surface area contributed by atoms with Crippen LogP contribution in [0.4, 0.5) is 5.69 Å². The number of aromatic amines is 1. The predicted octanol–water partition coefficient (Wildman–Crippen LogP) is 2.89. The fourth-order valence-corrected chi connectivity index (χ4v) is 2.24. The van der Waals surface area contributed by atoms with E-state index < -0.39 is 6.10 Å². The minimum atomic E-state index is -0.635. The summed E-state index contributed by atoms with van der Waals surface area (Å²) < 4.78 is 5.31. The summed E-state index contributed by atoms with van der Waals surface area (Å²) in [5.41, 5.74) is 2.40. The van der Waals surface area contributed by atoms with E-state index in [0.717, 1.165) is 16.5 Å². The minimum Gasteiger partial charge on any atom is -0.367 e. The Bertz CT molecular complexity index is 752. The summed E-state index contributed by atoms with van der Waals surface area (Å²) in [6.07, 6.45) is 1.10. The molecule has 0 unspecified atom stereocenters. The van der Waals surface area contributed by atoms with Gasteiger partial charge in [-0.1, -0.05) is 30.3 Å². The number of rotatable bonds is 4. The van der Waals surface area contributed by atoms with Crippen molar-refractivity contribution in [2.24, 2.45) is 0 Å². The summed E-state index contributed by atoms with van der Waals surface area (Å²) in [7, 11) is 1.52. The standard InChI is InChI=1S/C16H15N3O2/c1-21-15(11-5-3-2-4-6-11)16(20)18-13-8-7-12-10-17-19-14(12)9-13/h2-10,15H,1H3,(H,17,19)(H,18,20)/t15-/m1/s1. The second-order valence-corrected chi connectivity index (χ2v) is 4.69. The zero-order valence-electron chi connectivity index (χ0n) is 11.5. The van der Waals surface area contributed by atoms with Crippen LogP contribution in [-0.4, -0.2) is 23.2 Å². The Morgan fingerprint density at radius 1 is 1.24 bits per heavy atom. The number of amides is 1. The Balaban J connectivity index is 1.81. The van der Waals surface area contributed by atoms with Crippen molar-refractivity contribution in [3.8, 4) is 0 Å². The molecular weight excluding hydrogens is 266 g/mol. The van der Waals surface area contributed by atoms with Gasteiger partial charge in [0.15, 0.2) is 6.10 Å². The maximum absolute atomic E-state index is 12.4. The van der Waals surface area contributed by atoms with Gasteiger partial charge in [-0.2, -0.15) is 5.10 Å². The molecule has 0 saturated heterocycles. The van der Waals surface area contributed by atoms with Crippen LogP contribution < -0.4 is 5.32 Å². The maximum atomic E-state index is 12.4. The van der Waals surface area contributed by atoms with Crippen molar-refractivity contribution < 1.29 is 9.53 Å². The zero-order chi connectivity index (χ0) is 14.7. The number of hydrogen-bond acceptors (Lipinski definition) is 3. The average Bonchev–Trinajstić information content (AvgIpc) is 2.96. The van der Waals surface area contributed by atoms with Crippen LogP contribution in [0.1, 0.15) is 11.7 Å². The molecule has 1 atom stereocenters. The van der Waals surface area contributed by atoms with E-state index in [4.69, 9.17) is 4.74 Å². The highest BCUT2D eigenvalue weighted by Gasteiger charge is 2.19. The topological polar surface area (TPSA) is 67.0 Å². The number of methoxy groups -OCH3 is 1. The van der Waals surface area contributed by atoms with Gasteiger partial charge in [0.25, 0.3) is 5.91 Å². The number of benzene rings is 2. The van der Waals surface area contributed by atoms with Crippen LogP contribution in [0.2, 0.25) is 0 Å². The number of carbonyl (C=O) groups is 1. The van der Waals surface area contributed by atoms with Gasteiger partial charge in [-0.15, -0.1) is 0 Å². The van der Waals surface area contributed by atoms with Crippen LogP contribution >= 0.6 is 0 Å². The van der Waals surface area contributed by atoms with E-state index in [1.807, 2.05) is 48.5 Å². The molecule has 3 rings (SSSR count). The molecule has 1 amide bonds. The lowest BCUT2D eigenvalue weighted by atomic mass is 10.1. The van der Waals surface area contributed by atoms with E-state index in [2.05, 4.69) is 15.5 Å². The molecule has 0 fully saturated rings. The third kappa shape index (κ3) is 2.78. The molecule has 0 aliphatic heterocycles. The first-order valence-corrected chi connectivity index (χ1v) is 6.59. The number of fused-ring (bicyclic) bond motifs is 1. The summed E-state index contributed by atoms with van der Waals surface area (Å²) in [5.74, 6) is -0.206. The van der Waals surface area contributed by atoms with Crippen LogP contribution in [0.25, 0.3) is 10.9 Å². The molecule has 0 bridgehead atoms. The lowest BCUT2D eigenvalue weighted by Crippen LogP contribution is -2.22. The first-order valence-electron chi connectivity index (χ1n) is 6.59. The fraction of sp³-hybridized carbons (Fsp3) is 0.125. The van der Waals surface area contributed by atoms with Crippen LogP contribution in [0.15, 0.2) is 54.7 Å². The molecule has 0 saturated carbocycles. The van der Waals surface area contributed by atoms with Crippen LogP contribution in [0.3, 0.4) is 0 Å². The van der Waals surface area contributed by atoms with Gasteiger partial charge in [-0.25, -0.2) is 0 Å². The fourth-order valence-electron chi connectivity index (χ4n) is 2.24. The van der Waals surface area contributed by atoms with Crippen molar-refractivity contribution in [2.45, 2.75) is 6.10 Å². The summed E-state index contributed by atoms with van der Waals surface area (Å²) >= 11 is 0. The molecule has 0 aliphatic carbocycles. The molecule has 2 N–H and O–H groups in total. The van der Waals surface area contributed by atoms with Gasteiger partial charge in [0.1, 0.15) is 0 Å². The number of aromatic nitrogens is 2. The smallest absolute Gasteiger partial charge is 0.258 e. The monoisotopic (exact) mass is 281 g/mol. The number of H-pyrrole nitrogens is 1. The van der Waals surface area contributed by atoms with Gasteiger partial charge in [0.05, 0.1) is 11.7 Å². The number of nitrogens with zero attached hydrogens (tertiary/aromatic N) is 1. The third-order valence-electron chi connectivity index (χ3n) is 3.29. The van der Waals surface area contributed by atoms with Gasteiger partial charge >= 0.3 is 0 Å². The lowest BCUT2D eigenvalue weighted by Gasteiger charge is -2.15. The average molecular weight is 281 g/mol. The van der Waals surface area contributed by atoms with Gasteiger partial charge < -0.3 is 10.1 Å². The highest BCUT2D eigenvalue weighted by molar-refractivity contribution is 5.96. The molecule has 3 aromatic rings. The van der Waals surface area contributed by atoms with Crippen molar-refractivity contribution in [1.82, 2.24) is 10.2 Å². The van der Waals surface area contributed by atoms with E-state index >= 15 is 0 Å². The van der Waals surface area contributed by atoms with Gasteiger partial charge in [-0.05, 0) is 23.8 Å². The molecule has 0 spiro atoms. The van der Waals surface area contributed by atoms with Gasteiger partial charge in [0, 0.05) is 18.2 Å². The Hall–Kier alpha value is -2.66. The second kappa shape index (κ2) is 5.76. The minimum absolute atomic E-state index is 0.206. The highest BCUT2D eigenvalue weighted by Crippen LogP contribution is 2.21. The van der Waals surface area contributed by atoms with Crippen molar-refractivity contribution >= 4 is 22.5 Å². The molecule has 0 radical (unpaired) electrons. The SMILES string of the molecule is CO[C@@H](C(=O)Nc1ccc2cn[nH]c2c1)c1ccccc1. The van der Waals surface area contributed by atoms with Crippen LogP contribution in [0.5, 0.6) is 0 Å². The summed E-state index contributed by atoms with van der Waals surface area (Å²) in [5, 5.41) is 10.7. The van der Waals surface area contributed by atoms with Crippen LogP contribution in [-0.2, 0) is 9.53 Å². The molecule has 5 nitrogen and oxygen atoms in total. The summed E-state index contributed by atoms with van der Waals surface area (Å²) in [6, 6.07) is 15.0. The highest BCUT2D eigenvalue weighted by atomic mass is 16.5. The van der Waals surface area contributed by atoms with E-state index in [0.29, 0.717) is 5.69 Å². The van der Waals surface area contributed by atoms with Crippen LogP contribution in [0, 0.1) is 0 Å². The summed E-state index contributed by atoms with van der Waals surface area (Å²) in [6.45, 7) is 0. The normalized spacial score (nSPS) is 12.2. The second-order valence-electron chi connectivity index (χ2n) is 4.69. The largest absolute Gasteiger partial charge is 0.367 e. The molecule has 1 aromatic heterocycles. The number of hydrogen-bond donors (Lipinski definition) is 2. The first-order chi connectivity index (χ1) is 10.3. The quantitative estimate of drug-likeness (QED) is 0.772. The molecule has 106 valence electrons. The molecule has 0 aliphatic rings. The van der Waals surface area contributed by atoms with Crippen molar-refractivity contribution in [1.29, 1.82) is 0 Å². The Morgan fingerprint density at radius 3 is 2.81 bits per heavy atom. The molecule has 5 heteroatoms. The Labute approximate surface area is 121 Å². The first kappa shape index (κ1) is 13.3. The Kier molecular flexibility index (Phi) is 3.66. The van der Waals surface area contributed by atoms with E-state index in [-0.39, 0.29) is 5.91 Å². The van der Waals surface area contributed by atoms with E-state index in [1.54, 1.807) is 6.20 Å². The molecule has 2 aromatic carbocycles. The molecular formula is C16H15N3O2. The number of anilines is 1.